The number of hydrogen-bond donors (Lipinski definition) is 1. The van der Waals surface area contributed by atoms with E-state index in [0.717, 1.165) is 13.1 Å². The van der Waals surface area contributed by atoms with E-state index in [9.17, 15) is 14.0 Å². The van der Waals surface area contributed by atoms with Gasteiger partial charge in [-0.1, -0.05) is 11.6 Å². The lowest BCUT2D eigenvalue weighted by atomic mass is 10.0. The quantitative estimate of drug-likeness (QED) is 0.488. The predicted molar refractivity (Wildman–Crippen MR) is 134 cm³/mol. The molecule has 4 rings (SSSR count). The van der Waals surface area contributed by atoms with E-state index < -0.39 is 0 Å². The molecule has 2 heterocycles. The number of amides is 2. The second-order valence-corrected chi connectivity index (χ2v) is 9.21. The molecule has 1 aromatic heterocycles. The van der Waals surface area contributed by atoms with Crippen LogP contribution < -0.4 is 5.32 Å². The SMILES string of the molecule is CC1CCCCN1CCNC(=O)c1ccc(-c2nc(CCN(C)C(=O)c3ccc(F)cc3)no2)cc1. The van der Waals surface area contributed by atoms with Crippen LogP contribution in [0.4, 0.5) is 4.39 Å². The first-order valence-corrected chi connectivity index (χ1v) is 12.4. The summed E-state index contributed by atoms with van der Waals surface area (Å²) in [5.41, 5.74) is 1.70. The molecule has 190 valence electrons. The van der Waals surface area contributed by atoms with Crippen LogP contribution in [0.2, 0.25) is 0 Å². The third kappa shape index (κ3) is 6.54. The molecule has 0 saturated carbocycles. The van der Waals surface area contributed by atoms with E-state index in [1.54, 1.807) is 31.3 Å². The van der Waals surface area contributed by atoms with Gasteiger partial charge in [0.25, 0.3) is 17.7 Å². The predicted octanol–water partition coefficient (Wildman–Crippen LogP) is 3.79. The number of likely N-dealkylation sites (tertiary alicyclic amines) is 1. The molecule has 3 aromatic rings. The number of rotatable bonds is 9. The molecule has 2 amide bonds. The summed E-state index contributed by atoms with van der Waals surface area (Å²) in [5, 5.41) is 7.00. The van der Waals surface area contributed by atoms with Gasteiger partial charge in [0, 0.05) is 55.8 Å². The van der Waals surface area contributed by atoms with Crippen LogP contribution >= 0.6 is 0 Å². The van der Waals surface area contributed by atoms with Gasteiger partial charge in [0.2, 0.25) is 0 Å². The maximum absolute atomic E-state index is 13.1. The zero-order chi connectivity index (χ0) is 25.5. The molecule has 0 aliphatic carbocycles. The summed E-state index contributed by atoms with van der Waals surface area (Å²) in [6, 6.07) is 13.1. The number of carbonyl (C=O) groups excluding carboxylic acids is 2. The van der Waals surface area contributed by atoms with Gasteiger partial charge in [0.05, 0.1) is 0 Å². The van der Waals surface area contributed by atoms with Crippen molar-refractivity contribution >= 4 is 11.8 Å². The molecular formula is C27H32FN5O3. The Hall–Kier alpha value is -3.59. The molecule has 0 radical (unpaired) electrons. The van der Waals surface area contributed by atoms with E-state index in [1.807, 2.05) is 0 Å². The molecule has 1 unspecified atom stereocenters. The van der Waals surface area contributed by atoms with Crippen molar-refractivity contribution in [2.24, 2.45) is 0 Å². The van der Waals surface area contributed by atoms with Crippen LogP contribution in [0.1, 0.15) is 52.7 Å². The molecule has 1 N–H and O–H groups in total. The third-order valence-corrected chi connectivity index (χ3v) is 6.60. The van der Waals surface area contributed by atoms with Crippen molar-refractivity contribution in [2.75, 3.05) is 33.2 Å². The number of aromatic nitrogens is 2. The first kappa shape index (κ1) is 25.5. The smallest absolute Gasteiger partial charge is 0.257 e. The zero-order valence-corrected chi connectivity index (χ0v) is 20.7. The molecule has 1 atom stereocenters. The molecule has 1 fully saturated rings. The summed E-state index contributed by atoms with van der Waals surface area (Å²) in [5.74, 6) is 0.120. The maximum Gasteiger partial charge on any atom is 0.257 e. The molecule has 1 aliphatic heterocycles. The highest BCUT2D eigenvalue weighted by atomic mass is 19.1. The van der Waals surface area contributed by atoms with Gasteiger partial charge in [-0.05, 0) is 74.8 Å². The Morgan fingerprint density at radius 1 is 1.11 bits per heavy atom. The van der Waals surface area contributed by atoms with Crippen LogP contribution in [-0.2, 0) is 6.42 Å². The summed E-state index contributed by atoms with van der Waals surface area (Å²) >= 11 is 0. The molecule has 9 heteroatoms. The Kier molecular flexibility index (Phi) is 8.43. The molecule has 36 heavy (non-hydrogen) atoms. The Balaban J connectivity index is 1.26. The van der Waals surface area contributed by atoms with Crippen LogP contribution in [0.5, 0.6) is 0 Å². The lowest BCUT2D eigenvalue weighted by Gasteiger charge is -2.33. The zero-order valence-electron chi connectivity index (χ0n) is 20.7. The monoisotopic (exact) mass is 493 g/mol. The summed E-state index contributed by atoms with van der Waals surface area (Å²) < 4.78 is 18.4. The second kappa shape index (κ2) is 11.9. The Morgan fingerprint density at radius 2 is 1.83 bits per heavy atom. The van der Waals surface area contributed by atoms with Crippen molar-refractivity contribution in [2.45, 2.75) is 38.6 Å². The van der Waals surface area contributed by atoms with Crippen molar-refractivity contribution < 1.29 is 18.5 Å². The lowest BCUT2D eigenvalue weighted by molar-refractivity contribution is 0.0795. The summed E-state index contributed by atoms with van der Waals surface area (Å²) in [4.78, 5) is 33.3. The van der Waals surface area contributed by atoms with Crippen LogP contribution in [-0.4, -0.2) is 71.0 Å². The number of piperidine rings is 1. The maximum atomic E-state index is 13.1. The molecular weight excluding hydrogens is 461 g/mol. The first-order valence-electron chi connectivity index (χ1n) is 12.4. The lowest BCUT2D eigenvalue weighted by Crippen LogP contribution is -2.42. The summed E-state index contributed by atoms with van der Waals surface area (Å²) in [6.07, 6.45) is 4.13. The Labute approximate surface area is 210 Å². The van der Waals surface area contributed by atoms with Gasteiger partial charge in [-0.25, -0.2) is 4.39 Å². The average Bonchev–Trinajstić information content (AvgIpc) is 3.37. The number of hydrogen-bond acceptors (Lipinski definition) is 6. The van der Waals surface area contributed by atoms with E-state index in [2.05, 4.69) is 27.3 Å². The molecule has 0 spiro atoms. The van der Waals surface area contributed by atoms with Crippen molar-refractivity contribution in [3.63, 3.8) is 0 Å². The van der Waals surface area contributed by atoms with Crippen LogP contribution in [0.3, 0.4) is 0 Å². The highest BCUT2D eigenvalue weighted by Gasteiger charge is 2.18. The van der Waals surface area contributed by atoms with Gasteiger partial charge in [-0.3, -0.25) is 14.5 Å². The fourth-order valence-electron chi connectivity index (χ4n) is 4.32. The van der Waals surface area contributed by atoms with E-state index in [1.165, 1.54) is 48.4 Å². The van der Waals surface area contributed by atoms with Gasteiger partial charge in [0.15, 0.2) is 5.82 Å². The topological polar surface area (TPSA) is 91.6 Å². The number of nitrogens with one attached hydrogen (secondary N) is 1. The van der Waals surface area contributed by atoms with Crippen LogP contribution in [0.25, 0.3) is 11.5 Å². The average molecular weight is 494 g/mol. The molecule has 8 nitrogen and oxygen atoms in total. The fourth-order valence-corrected chi connectivity index (χ4v) is 4.32. The molecule has 2 aromatic carbocycles. The van der Waals surface area contributed by atoms with Gasteiger partial charge in [0.1, 0.15) is 5.82 Å². The van der Waals surface area contributed by atoms with E-state index in [4.69, 9.17) is 4.52 Å². The summed E-state index contributed by atoms with van der Waals surface area (Å²) in [7, 11) is 1.67. The number of carbonyl (C=O) groups is 2. The van der Waals surface area contributed by atoms with E-state index >= 15 is 0 Å². The normalized spacial score (nSPS) is 16.0. The number of nitrogens with zero attached hydrogens (tertiary/aromatic N) is 4. The van der Waals surface area contributed by atoms with Crippen LogP contribution in [0.15, 0.2) is 53.1 Å². The van der Waals surface area contributed by atoms with Crippen molar-refractivity contribution in [1.29, 1.82) is 0 Å². The molecule has 0 bridgehead atoms. The number of benzene rings is 2. The molecule has 1 saturated heterocycles. The fraction of sp³-hybridized carbons (Fsp3) is 0.407. The standard InChI is InChI=1S/C27H32FN5O3/c1-19-5-3-4-16-33(19)18-15-29-25(34)20-6-8-21(9-7-20)26-30-24(31-36-26)14-17-32(2)27(35)22-10-12-23(28)13-11-22/h6-13,19H,3-5,14-18H2,1-2H3,(H,29,34). The minimum Gasteiger partial charge on any atom is -0.351 e. The van der Waals surface area contributed by atoms with Gasteiger partial charge >= 0.3 is 0 Å². The highest BCUT2D eigenvalue weighted by molar-refractivity contribution is 5.94. The van der Waals surface area contributed by atoms with Crippen molar-refractivity contribution in [3.05, 3.63) is 71.3 Å². The van der Waals surface area contributed by atoms with Gasteiger partial charge < -0.3 is 14.7 Å². The van der Waals surface area contributed by atoms with Crippen LogP contribution in [0, 0.1) is 5.82 Å². The number of halogens is 1. The third-order valence-electron chi connectivity index (χ3n) is 6.60. The Morgan fingerprint density at radius 3 is 2.56 bits per heavy atom. The minimum atomic E-state index is -0.385. The first-order chi connectivity index (χ1) is 17.4. The minimum absolute atomic E-state index is 0.105. The molecule has 1 aliphatic rings. The summed E-state index contributed by atoms with van der Waals surface area (Å²) in [6.45, 7) is 5.20. The number of likely N-dealkylation sites (N-methyl/N-ethyl adjacent to an activating group) is 1. The van der Waals surface area contributed by atoms with Crippen molar-refractivity contribution in [3.8, 4) is 11.5 Å². The van der Waals surface area contributed by atoms with E-state index in [0.29, 0.717) is 54.0 Å². The largest absolute Gasteiger partial charge is 0.351 e. The second-order valence-electron chi connectivity index (χ2n) is 9.21. The van der Waals surface area contributed by atoms with E-state index in [-0.39, 0.29) is 17.6 Å². The van der Waals surface area contributed by atoms with Gasteiger partial charge in [-0.15, -0.1) is 0 Å². The highest BCUT2D eigenvalue weighted by Crippen LogP contribution is 2.19. The van der Waals surface area contributed by atoms with Crippen molar-refractivity contribution in [1.82, 2.24) is 25.3 Å². The Bertz CT molecular complexity index is 1160. The van der Waals surface area contributed by atoms with Gasteiger partial charge in [-0.2, -0.15) is 4.98 Å².